The van der Waals surface area contributed by atoms with Crippen LogP contribution in [0.25, 0.3) is 0 Å². The van der Waals surface area contributed by atoms with E-state index in [1.54, 1.807) is 4.90 Å². The summed E-state index contributed by atoms with van der Waals surface area (Å²) in [5.41, 5.74) is 0.153. The summed E-state index contributed by atoms with van der Waals surface area (Å²) in [6.07, 6.45) is 0.616. The zero-order valence-corrected chi connectivity index (χ0v) is 19.3. The average molecular weight is 497 g/mol. The lowest BCUT2D eigenvalue weighted by Crippen LogP contribution is -2.37. The highest BCUT2D eigenvalue weighted by atomic mass is 35.5. The van der Waals surface area contributed by atoms with Crippen molar-refractivity contribution in [3.05, 3.63) is 41.0 Å². The second-order valence-electron chi connectivity index (χ2n) is 7.41. The number of hydrogen-bond acceptors (Lipinski definition) is 8. The number of alkyl carbamates (subject to hydrolysis) is 1. The van der Waals surface area contributed by atoms with Crippen molar-refractivity contribution in [3.8, 4) is 11.6 Å². The van der Waals surface area contributed by atoms with Crippen LogP contribution in [0.2, 0.25) is 5.02 Å². The van der Waals surface area contributed by atoms with Crippen LogP contribution in [0.15, 0.2) is 35.4 Å². The summed E-state index contributed by atoms with van der Waals surface area (Å²) in [5.74, 6) is -0.193. The Kier molecular flexibility index (Phi) is 6.21. The van der Waals surface area contributed by atoms with Gasteiger partial charge in [-0.1, -0.05) is 11.6 Å². The maximum atomic E-state index is 13.2. The molecule has 0 radical (unpaired) electrons. The Morgan fingerprint density at radius 3 is 2.85 bits per heavy atom. The number of amides is 2. The van der Waals surface area contributed by atoms with Crippen molar-refractivity contribution >= 4 is 39.3 Å². The molecule has 0 spiro atoms. The van der Waals surface area contributed by atoms with Gasteiger partial charge in [-0.3, -0.25) is 9.52 Å². The lowest BCUT2D eigenvalue weighted by atomic mass is 10.2. The van der Waals surface area contributed by atoms with Crippen molar-refractivity contribution in [2.45, 2.75) is 23.5 Å². The molecule has 2 aromatic rings. The molecule has 2 amide bonds. The molecular weight excluding hydrogens is 476 g/mol. The highest BCUT2D eigenvalue weighted by Gasteiger charge is 2.41. The van der Waals surface area contributed by atoms with Crippen LogP contribution in [0.3, 0.4) is 0 Å². The molecular formula is C20H21ClN4O7S. The van der Waals surface area contributed by atoms with E-state index in [9.17, 15) is 18.0 Å². The van der Waals surface area contributed by atoms with Gasteiger partial charge < -0.3 is 24.4 Å². The van der Waals surface area contributed by atoms with E-state index in [2.05, 4.69) is 15.0 Å². The minimum atomic E-state index is -4.10. The van der Waals surface area contributed by atoms with Gasteiger partial charge in [-0.25, -0.2) is 18.2 Å². The highest BCUT2D eigenvalue weighted by Crippen LogP contribution is 2.33. The molecule has 176 valence electrons. The van der Waals surface area contributed by atoms with Crippen molar-refractivity contribution in [1.29, 1.82) is 0 Å². The van der Waals surface area contributed by atoms with E-state index in [0.29, 0.717) is 6.42 Å². The lowest BCUT2D eigenvalue weighted by Gasteiger charge is -2.20. The SMILES string of the molecule is CNC(=O)O[C@H]1C[C@@H]2COc3ncc(NS(=O)(=O)c4cc(Cl)ccc4OC)cc3C(=O)N2C1. The molecule has 1 fully saturated rings. The topological polar surface area (TPSA) is 136 Å². The van der Waals surface area contributed by atoms with Gasteiger partial charge in [-0.2, -0.15) is 0 Å². The number of methoxy groups -OCH3 is 1. The molecule has 2 aliphatic rings. The van der Waals surface area contributed by atoms with Gasteiger partial charge in [0.1, 0.15) is 28.9 Å². The molecule has 2 aliphatic heterocycles. The van der Waals surface area contributed by atoms with Gasteiger partial charge in [0.2, 0.25) is 5.88 Å². The van der Waals surface area contributed by atoms with Crippen molar-refractivity contribution in [2.24, 2.45) is 0 Å². The number of sulfonamides is 1. The van der Waals surface area contributed by atoms with Gasteiger partial charge in [0.25, 0.3) is 15.9 Å². The minimum absolute atomic E-state index is 0.0588. The number of nitrogens with zero attached hydrogens (tertiary/aromatic N) is 2. The van der Waals surface area contributed by atoms with Gasteiger partial charge in [0.15, 0.2) is 0 Å². The zero-order valence-electron chi connectivity index (χ0n) is 17.7. The second kappa shape index (κ2) is 8.94. The first-order valence-electron chi connectivity index (χ1n) is 9.90. The molecule has 3 heterocycles. The monoisotopic (exact) mass is 496 g/mol. The molecule has 33 heavy (non-hydrogen) atoms. The summed E-state index contributed by atoms with van der Waals surface area (Å²) < 4.78 is 44.4. The van der Waals surface area contributed by atoms with Crippen LogP contribution >= 0.6 is 11.6 Å². The third kappa shape index (κ3) is 4.62. The van der Waals surface area contributed by atoms with Gasteiger partial charge >= 0.3 is 6.09 Å². The van der Waals surface area contributed by atoms with Crippen molar-refractivity contribution < 1.29 is 32.2 Å². The maximum absolute atomic E-state index is 13.2. The number of carbonyl (C=O) groups excluding carboxylic acids is 2. The number of carbonyl (C=O) groups is 2. The Balaban J connectivity index is 1.59. The normalized spacial score (nSPS) is 19.6. The quantitative estimate of drug-likeness (QED) is 0.640. The third-order valence-corrected chi connectivity index (χ3v) is 6.91. The Bertz CT molecular complexity index is 1210. The number of nitrogens with one attached hydrogen (secondary N) is 2. The largest absolute Gasteiger partial charge is 0.495 e. The number of ether oxygens (including phenoxy) is 3. The molecule has 4 rings (SSSR count). The van der Waals surface area contributed by atoms with E-state index in [1.165, 1.54) is 44.6 Å². The predicted molar refractivity (Wildman–Crippen MR) is 117 cm³/mol. The van der Waals surface area contributed by atoms with E-state index < -0.39 is 28.1 Å². The summed E-state index contributed by atoms with van der Waals surface area (Å²) >= 11 is 5.96. The van der Waals surface area contributed by atoms with E-state index in [-0.39, 0.29) is 52.0 Å². The van der Waals surface area contributed by atoms with Crippen LogP contribution in [0.5, 0.6) is 11.6 Å². The number of anilines is 1. The first-order valence-corrected chi connectivity index (χ1v) is 11.8. The molecule has 0 bridgehead atoms. The molecule has 0 unspecified atom stereocenters. The van der Waals surface area contributed by atoms with Crippen LogP contribution in [0.4, 0.5) is 10.5 Å². The number of pyridine rings is 1. The van der Waals surface area contributed by atoms with E-state index in [0.717, 1.165) is 0 Å². The van der Waals surface area contributed by atoms with E-state index in [4.69, 9.17) is 25.8 Å². The van der Waals surface area contributed by atoms with E-state index >= 15 is 0 Å². The molecule has 0 saturated carbocycles. The predicted octanol–water partition coefficient (Wildman–Crippen LogP) is 1.88. The number of fused-ring (bicyclic) bond motifs is 2. The van der Waals surface area contributed by atoms with Crippen LogP contribution in [-0.2, 0) is 14.8 Å². The Hall–Kier alpha value is -3.25. The van der Waals surface area contributed by atoms with Crippen LogP contribution in [-0.4, -0.2) is 69.8 Å². The molecule has 11 nitrogen and oxygen atoms in total. The minimum Gasteiger partial charge on any atom is -0.495 e. The molecule has 1 aromatic heterocycles. The van der Waals surface area contributed by atoms with Gasteiger partial charge in [0.05, 0.1) is 31.6 Å². The molecule has 2 N–H and O–H groups in total. The van der Waals surface area contributed by atoms with E-state index in [1.807, 2.05) is 0 Å². The summed E-state index contributed by atoms with van der Waals surface area (Å²) in [7, 11) is -1.31. The van der Waals surface area contributed by atoms with Crippen LogP contribution in [0, 0.1) is 0 Å². The van der Waals surface area contributed by atoms with Crippen LogP contribution in [0.1, 0.15) is 16.8 Å². The summed E-state index contributed by atoms with van der Waals surface area (Å²) in [6.45, 7) is 0.361. The fraction of sp³-hybridized carbons (Fsp3) is 0.350. The van der Waals surface area contributed by atoms with Crippen molar-refractivity contribution in [3.63, 3.8) is 0 Å². The van der Waals surface area contributed by atoms with Crippen LogP contribution < -0.4 is 19.5 Å². The summed E-state index contributed by atoms with van der Waals surface area (Å²) in [6, 6.07) is 5.25. The fourth-order valence-corrected chi connectivity index (χ4v) is 5.22. The number of halogens is 1. The number of aromatic nitrogens is 1. The van der Waals surface area contributed by atoms with Crippen molar-refractivity contribution in [1.82, 2.24) is 15.2 Å². The summed E-state index contributed by atoms with van der Waals surface area (Å²) in [4.78, 5) is 30.2. The Labute approximate surface area is 195 Å². The Morgan fingerprint density at radius 1 is 1.33 bits per heavy atom. The smallest absolute Gasteiger partial charge is 0.407 e. The number of rotatable bonds is 5. The first-order chi connectivity index (χ1) is 15.7. The fourth-order valence-electron chi connectivity index (χ4n) is 3.75. The number of benzene rings is 1. The number of hydrogen-bond donors (Lipinski definition) is 2. The molecule has 1 aromatic carbocycles. The zero-order chi connectivity index (χ0) is 23.8. The second-order valence-corrected chi connectivity index (χ2v) is 9.50. The molecule has 2 atom stereocenters. The molecule has 0 aliphatic carbocycles. The van der Waals surface area contributed by atoms with Gasteiger partial charge in [-0.15, -0.1) is 0 Å². The van der Waals surface area contributed by atoms with Crippen molar-refractivity contribution in [2.75, 3.05) is 32.0 Å². The highest BCUT2D eigenvalue weighted by molar-refractivity contribution is 7.92. The average Bonchev–Trinajstić information content (AvgIpc) is 3.14. The summed E-state index contributed by atoms with van der Waals surface area (Å²) in [5, 5.41) is 2.59. The maximum Gasteiger partial charge on any atom is 0.407 e. The molecule has 13 heteroatoms. The third-order valence-electron chi connectivity index (χ3n) is 5.28. The van der Waals surface area contributed by atoms with Gasteiger partial charge in [-0.05, 0) is 24.3 Å². The molecule has 1 saturated heterocycles. The standard InChI is InChI=1S/C20H21ClN4O7S/c1-22-20(27)32-14-7-13-10-31-18-15(19(26)25(13)9-14)6-12(8-23-18)24-33(28,29)17-5-11(21)3-4-16(17)30-2/h3-6,8,13-14,24H,7,9-10H2,1-2H3,(H,22,27)/t13-,14+/m1/s1. The Morgan fingerprint density at radius 2 is 2.12 bits per heavy atom. The first kappa shape index (κ1) is 22.9. The van der Waals surface area contributed by atoms with Gasteiger partial charge in [0, 0.05) is 18.5 Å². The lowest BCUT2D eigenvalue weighted by molar-refractivity contribution is 0.0690.